The van der Waals surface area contributed by atoms with Crippen LogP contribution in [0.15, 0.2) is 30.5 Å². The third kappa shape index (κ3) is 2.90. The van der Waals surface area contributed by atoms with E-state index in [0.717, 1.165) is 42.8 Å². The molecule has 2 aromatic rings. The lowest BCUT2D eigenvalue weighted by Gasteiger charge is -2.17. The molecule has 2 heterocycles. The Balaban J connectivity index is 1.52. The van der Waals surface area contributed by atoms with Gasteiger partial charge in [0.15, 0.2) is 0 Å². The van der Waals surface area contributed by atoms with E-state index in [9.17, 15) is 4.79 Å². The molecule has 0 atom stereocenters. The van der Waals surface area contributed by atoms with Crippen molar-refractivity contribution >= 4 is 5.91 Å². The summed E-state index contributed by atoms with van der Waals surface area (Å²) in [5.74, 6) is 2.09. The van der Waals surface area contributed by atoms with Crippen LogP contribution in [0, 0.1) is 5.92 Å². The zero-order valence-electron chi connectivity index (χ0n) is 14.2. The second-order valence-corrected chi connectivity index (χ2v) is 7.13. The summed E-state index contributed by atoms with van der Waals surface area (Å²) < 4.78 is 7.81. The van der Waals surface area contributed by atoms with Gasteiger partial charge in [-0.05, 0) is 49.4 Å². The standard InChI is InChI=1S/C19H23N3O2/c1-13(2)9-10-21-12-22-17(11-20-18(22)19(21)23)14-3-5-15(6-4-14)24-16-7-8-16/h3-6,11,13,16H,7-10,12H2,1-2H3. The van der Waals surface area contributed by atoms with Gasteiger partial charge < -0.3 is 14.2 Å². The Morgan fingerprint density at radius 2 is 2.00 bits per heavy atom. The van der Waals surface area contributed by atoms with Crippen molar-refractivity contribution in [3.05, 3.63) is 36.3 Å². The zero-order chi connectivity index (χ0) is 16.7. The molecule has 1 amide bonds. The van der Waals surface area contributed by atoms with Crippen LogP contribution in [0.5, 0.6) is 5.75 Å². The predicted octanol–water partition coefficient (Wildman–Crippen LogP) is 3.55. The van der Waals surface area contributed by atoms with E-state index in [0.29, 0.717) is 24.5 Å². The topological polar surface area (TPSA) is 47.4 Å². The van der Waals surface area contributed by atoms with Crippen LogP contribution in [0.25, 0.3) is 11.3 Å². The molecule has 0 bridgehead atoms. The van der Waals surface area contributed by atoms with E-state index in [1.807, 2.05) is 33.7 Å². The van der Waals surface area contributed by atoms with Crippen LogP contribution in [0.4, 0.5) is 0 Å². The molecule has 0 radical (unpaired) electrons. The third-order valence-corrected chi connectivity index (χ3v) is 4.60. The molecule has 1 fully saturated rings. The van der Waals surface area contributed by atoms with Crippen LogP contribution >= 0.6 is 0 Å². The molecule has 4 rings (SSSR count). The molecule has 5 nitrogen and oxygen atoms in total. The van der Waals surface area contributed by atoms with Gasteiger partial charge in [-0.3, -0.25) is 4.79 Å². The minimum absolute atomic E-state index is 0.0376. The van der Waals surface area contributed by atoms with Gasteiger partial charge in [0.1, 0.15) is 5.75 Å². The van der Waals surface area contributed by atoms with Gasteiger partial charge in [0, 0.05) is 12.1 Å². The van der Waals surface area contributed by atoms with Crippen LogP contribution in [0.1, 0.15) is 43.7 Å². The Morgan fingerprint density at radius 3 is 2.67 bits per heavy atom. The Kier molecular flexibility index (Phi) is 3.79. The first-order chi connectivity index (χ1) is 11.6. The summed E-state index contributed by atoms with van der Waals surface area (Å²) in [5.41, 5.74) is 2.05. The fourth-order valence-electron chi connectivity index (χ4n) is 2.97. The zero-order valence-corrected chi connectivity index (χ0v) is 14.2. The largest absolute Gasteiger partial charge is 0.490 e. The Labute approximate surface area is 142 Å². The van der Waals surface area contributed by atoms with Crippen molar-refractivity contribution in [2.75, 3.05) is 6.54 Å². The van der Waals surface area contributed by atoms with Crippen LogP contribution in [-0.4, -0.2) is 33.0 Å². The van der Waals surface area contributed by atoms with Crippen molar-refractivity contribution < 1.29 is 9.53 Å². The molecule has 0 spiro atoms. The molecule has 0 N–H and O–H groups in total. The number of benzene rings is 1. The molecule has 1 aromatic heterocycles. The second-order valence-electron chi connectivity index (χ2n) is 7.13. The summed E-state index contributed by atoms with van der Waals surface area (Å²) in [6.07, 6.45) is 5.53. The Morgan fingerprint density at radius 1 is 1.25 bits per heavy atom. The van der Waals surface area contributed by atoms with Gasteiger partial charge >= 0.3 is 0 Å². The number of carbonyl (C=O) groups is 1. The van der Waals surface area contributed by atoms with E-state index in [2.05, 4.69) is 18.8 Å². The highest BCUT2D eigenvalue weighted by molar-refractivity contribution is 5.93. The SMILES string of the molecule is CC(C)CCN1Cn2c(-c3ccc(OC4CC4)cc3)cnc2C1=O. The molecule has 1 saturated carbocycles. The summed E-state index contributed by atoms with van der Waals surface area (Å²) >= 11 is 0. The molecule has 5 heteroatoms. The number of ether oxygens (including phenoxy) is 1. The highest BCUT2D eigenvalue weighted by Gasteiger charge is 2.31. The molecule has 126 valence electrons. The minimum atomic E-state index is 0.0376. The van der Waals surface area contributed by atoms with Crippen molar-refractivity contribution in [3.8, 4) is 17.0 Å². The number of aromatic nitrogens is 2. The van der Waals surface area contributed by atoms with Crippen molar-refractivity contribution in [2.24, 2.45) is 5.92 Å². The number of nitrogens with zero attached hydrogens (tertiary/aromatic N) is 3. The summed E-state index contributed by atoms with van der Waals surface area (Å²) in [5, 5.41) is 0. The van der Waals surface area contributed by atoms with Crippen LogP contribution in [0.2, 0.25) is 0 Å². The third-order valence-electron chi connectivity index (χ3n) is 4.60. The van der Waals surface area contributed by atoms with E-state index in [-0.39, 0.29) is 5.91 Å². The molecule has 1 aromatic carbocycles. The average Bonchev–Trinajstić information content (AvgIpc) is 3.19. The van der Waals surface area contributed by atoms with Gasteiger partial charge in [0.25, 0.3) is 5.91 Å². The van der Waals surface area contributed by atoms with E-state index < -0.39 is 0 Å². The van der Waals surface area contributed by atoms with Crippen molar-refractivity contribution in [3.63, 3.8) is 0 Å². The highest BCUT2D eigenvalue weighted by Crippen LogP contribution is 2.30. The van der Waals surface area contributed by atoms with Gasteiger partial charge in [-0.1, -0.05) is 13.8 Å². The Hall–Kier alpha value is -2.30. The predicted molar refractivity (Wildman–Crippen MR) is 91.8 cm³/mol. The number of hydrogen-bond acceptors (Lipinski definition) is 3. The van der Waals surface area contributed by atoms with E-state index in [4.69, 9.17) is 4.74 Å². The molecule has 1 aliphatic carbocycles. The second kappa shape index (κ2) is 5.96. The van der Waals surface area contributed by atoms with Crippen molar-refractivity contribution in [1.82, 2.24) is 14.5 Å². The average molecular weight is 325 g/mol. The summed E-state index contributed by atoms with van der Waals surface area (Å²) in [7, 11) is 0. The lowest BCUT2D eigenvalue weighted by atomic mass is 10.1. The maximum atomic E-state index is 12.5. The summed E-state index contributed by atoms with van der Waals surface area (Å²) in [4.78, 5) is 18.7. The first kappa shape index (κ1) is 15.2. The highest BCUT2D eigenvalue weighted by atomic mass is 16.5. The molecule has 0 unspecified atom stereocenters. The van der Waals surface area contributed by atoms with E-state index in [1.54, 1.807) is 6.20 Å². The summed E-state index contributed by atoms with van der Waals surface area (Å²) in [6, 6.07) is 8.09. The van der Waals surface area contributed by atoms with Crippen LogP contribution < -0.4 is 4.74 Å². The maximum absolute atomic E-state index is 12.5. The van der Waals surface area contributed by atoms with Crippen LogP contribution in [0.3, 0.4) is 0 Å². The number of imidazole rings is 1. The normalized spacial score (nSPS) is 16.8. The quantitative estimate of drug-likeness (QED) is 0.816. The minimum Gasteiger partial charge on any atom is -0.490 e. The molecule has 0 saturated heterocycles. The Bertz CT molecular complexity index is 744. The fraction of sp³-hybridized carbons (Fsp3) is 0.474. The number of amides is 1. The van der Waals surface area contributed by atoms with Crippen molar-refractivity contribution in [1.29, 1.82) is 0 Å². The number of hydrogen-bond donors (Lipinski definition) is 0. The smallest absolute Gasteiger partial charge is 0.291 e. The molecular formula is C19H23N3O2. The van der Waals surface area contributed by atoms with E-state index in [1.165, 1.54) is 0 Å². The number of rotatable bonds is 6. The molecule has 1 aliphatic heterocycles. The number of fused-ring (bicyclic) bond motifs is 1. The van der Waals surface area contributed by atoms with Gasteiger partial charge in [-0.2, -0.15) is 0 Å². The first-order valence-corrected chi connectivity index (χ1v) is 8.73. The van der Waals surface area contributed by atoms with Crippen molar-refractivity contribution in [2.45, 2.75) is 45.9 Å². The summed E-state index contributed by atoms with van der Waals surface area (Å²) in [6.45, 7) is 5.73. The van der Waals surface area contributed by atoms with Crippen LogP contribution in [-0.2, 0) is 6.67 Å². The van der Waals surface area contributed by atoms with Gasteiger partial charge in [0.05, 0.1) is 24.7 Å². The molecular weight excluding hydrogens is 302 g/mol. The van der Waals surface area contributed by atoms with E-state index >= 15 is 0 Å². The molecule has 24 heavy (non-hydrogen) atoms. The lowest BCUT2D eigenvalue weighted by molar-refractivity contribution is 0.0758. The van der Waals surface area contributed by atoms with Gasteiger partial charge in [-0.15, -0.1) is 0 Å². The monoisotopic (exact) mass is 325 g/mol. The van der Waals surface area contributed by atoms with Gasteiger partial charge in [0.2, 0.25) is 5.82 Å². The number of carbonyl (C=O) groups excluding carboxylic acids is 1. The first-order valence-electron chi connectivity index (χ1n) is 8.73. The fourth-order valence-corrected chi connectivity index (χ4v) is 2.97. The van der Waals surface area contributed by atoms with Gasteiger partial charge in [-0.25, -0.2) is 4.98 Å². The lowest BCUT2D eigenvalue weighted by Crippen LogP contribution is -2.26. The molecule has 2 aliphatic rings. The maximum Gasteiger partial charge on any atom is 0.291 e.